The molecule has 0 N–H and O–H groups in total. The number of likely N-dealkylation sites (N-methyl/N-ethyl adjacent to an activating group) is 1. The number of benzene rings is 2. The molecule has 0 radical (unpaired) electrons. The summed E-state index contributed by atoms with van der Waals surface area (Å²) in [6.45, 7) is 6.95. The van der Waals surface area contributed by atoms with Crippen LogP contribution in [0.1, 0.15) is 19.4 Å². The molecule has 31 heavy (non-hydrogen) atoms. The van der Waals surface area contributed by atoms with Crippen LogP contribution >= 0.6 is 12.4 Å². The van der Waals surface area contributed by atoms with Crippen molar-refractivity contribution >= 4 is 29.3 Å². The van der Waals surface area contributed by atoms with E-state index in [0.717, 1.165) is 18.7 Å². The van der Waals surface area contributed by atoms with Gasteiger partial charge in [0.05, 0.1) is 18.9 Å². The van der Waals surface area contributed by atoms with E-state index in [2.05, 4.69) is 18.7 Å². The Bertz CT molecular complexity index is 1060. The molecule has 166 valence electrons. The molecule has 0 atom stereocenters. The molecule has 0 saturated heterocycles. The minimum Gasteiger partial charge on any atom is -0.497 e. The predicted molar refractivity (Wildman–Crippen MR) is 124 cm³/mol. The van der Waals surface area contributed by atoms with Gasteiger partial charge >= 0.3 is 5.97 Å². The van der Waals surface area contributed by atoms with E-state index in [4.69, 9.17) is 13.9 Å². The highest BCUT2D eigenvalue weighted by molar-refractivity contribution is 5.87. The number of esters is 1. The summed E-state index contributed by atoms with van der Waals surface area (Å²) in [6, 6.07) is 14.2. The lowest BCUT2D eigenvalue weighted by molar-refractivity contribution is -0.143. The number of ether oxygens (including phenoxy) is 2. The van der Waals surface area contributed by atoms with Gasteiger partial charge in [0.2, 0.25) is 0 Å². The van der Waals surface area contributed by atoms with Crippen molar-refractivity contribution in [3.8, 4) is 17.1 Å². The lowest BCUT2D eigenvalue weighted by Crippen LogP contribution is -2.28. The van der Waals surface area contributed by atoms with Gasteiger partial charge in [0.25, 0.3) is 0 Å². The van der Waals surface area contributed by atoms with Crippen LogP contribution in [0.3, 0.4) is 0 Å². The van der Waals surface area contributed by atoms with E-state index in [1.807, 2.05) is 30.3 Å². The van der Waals surface area contributed by atoms with Crippen LogP contribution in [0.15, 0.2) is 57.7 Å². The average molecular weight is 446 g/mol. The quantitative estimate of drug-likeness (QED) is 0.457. The predicted octanol–water partition coefficient (Wildman–Crippen LogP) is 4.32. The SMILES string of the molecule is CCN(CC)CCOC(=O)Cc1cc(OC)cc2c(=O)cc(-c3ccccc3)oc12.Cl. The molecular formula is C24H28ClNO5. The van der Waals surface area contributed by atoms with Crippen LogP contribution in [0.25, 0.3) is 22.3 Å². The largest absolute Gasteiger partial charge is 0.497 e. The Hall–Kier alpha value is -2.83. The van der Waals surface area contributed by atoms with Crippen molar-refractivity contribution in [2.45, 2.75) is 20.3 Å². The normalized spacial score (nSPS) is 10.7. The summed E-state index contributed by atoms with van der Waals surface area (Å²) in [7, 11) is 1.52. The molecule has 3 rings (SSSR count). The topological polar surface area (TPSA) is 69.0 Å². The van der Waals surface area contributed by atoms with E-state index >= 15 is 0 Å². The maximum Gasteiger partial charge on any atom is 0.310 e. The van der Waals surface area contributed by atoms with Crippen LogP contribution in [0.4, 0.5) is 0 Å². The van der Waals surface area contributed by atoms with Gasteiger partial charge in [0.1, 0.15) is 23.7 Å². The Balaban J connectivity index is 0.00000341. The fourth-order valence-corrected chi connectivity index (χ4v) is 3.33. The van der Waals surface area contributed by atoms with Crippen molar-refractivity contribution in [1.82, 2.24) is 4.90 Å². The minimum atomic E-state index is -0.371. The number of halogens is 1. The summed E-state index contributed by atoms with van der Waals surface area (Å²) in [4.78, 5) is 27.4. The van der Waals surface area contributed by atoms with Crippen LogP contribution in [-0.2, 0) is 16.0 Å². The molecule has 0 fully saturated rings. The van der Waals surface area contributed by atoms with Gasteiger partial charge in [-0.1, -0.05) is 44.2 Å². The van der Waals surface area contributed by atoms with Crippen molar-refractivity contribution in [3.63, 3.8) is 0 Å². The summed E-state index contributed by atoms with van der Waals surface area (Å²) in [5.74, 6) is 0.576. The van der Waals surface area contributed by atoms with Gasteiger partial charge in [0.15, 0.2) is 5.43 Å². The van der Waals surface area contributed by atoms with Crippen molar-refractivity contribution in [3.05, 3.63) is 64.3 Å². The van der Waals surface area contributed by atoms with E-state index in [0.29, 0.717) is 41.2 Å². The molecule has 0 bridgehead atoms. The first-order valence-corrected chi connectivity index (χ1v) is 10.1. The fraction of sp³-hybridized carbons (Fsp3) is 0.333. The monoisotopic (exact) mass is 445 g/mol. The van der Waals surface area contributed by atoms with Crippen LogP contribution < -0.4 is 10.2 Å². The Kier molecular flexibility index (Phi) is 9.09. The number of carbonyl (C=O) groups is 1. The number of hydrogen-bond acceptors (Lipinski definition) is 6. The molecule has 7 heteroatoms. The molecular weight excluding hydrogens is 418 g/mol. The maximum atomic E-state index is 12.8. The van der Waals surface area contributed by atoms with Gasteiger partial charge < -0.3 is 18.8 Å². The van der Waals surface area contributed by atoms with Crippen molar-refractivity contribution in [2.24, 2.45) is 0 Å². The van der Waals surface area contributed by atoms with E-state index in [-0.39, 0.29) is 30.2 Å². The maximum absolute atomic E-state index is 12.8. The number of nitrogens with zero attached hydrogens (tertiary/aromatic N) is 1. The van der Waals surface area contributed by atoms with Crippen molar-refractivity contribution in [1.29, 1.82) is 0 Å². The molecule has 0 unspecified atom stereocenters. The number of hydrogen-bond donors (Lipinski definition) is 0. The summed E-state index contributed by atoms with van der Waals surface area (Å²) in [6.07, 6.45) is -0.00681. The van der Waals surface area contributed by atoms with Crippen molar-refractivity contribution < 1.29 is 18.7 Å². The van der Waals surface area contributed by atoms with Crippen LogP contribution in [0, 0.1) is 0 Å². The Labute approximate surface area is 188 Å². The molecule has 0 saturated carbocycles. The number of carbonyl (C=O) groups excluding carboxylic acids is 1. The Morgan fingerprint density at radius 2 is 1.77 bits per heavy atom. The van der Waals surface area contributed by atoms with Gasteiger partial charge in [-0.25, -0.2) is 0 Å². The van der Waals surface area contributed by atoms with E-state index in [1.54, 1.807) is 12.1 Å². The molecule has 0 aliphatic heterocycles. The molecule has 1 heterocycles. The Morgan fingerprint density at radius 3 is 2.42 bits per heavy atom. The average Bonchev–Trinajstić information content (AvgIpc) is 2.77. The van der Waals surface area contributed by atoms with Gasteiger partial charge in [-0.2, -0.15) is 0 Å². The first-order valence-electron chi connectivity index (χ1n) is 10.1. The summed E-state index contributed by atoms with van der Waals surface area (Å²) in [5, 5.41) is 0.375. The summed E-state index contributed by atoms with van der Waals surface area (Å²) in [5.41, 5.74) is 1.54. The summed E-state index contributed by atoms with van der Waals surface area (Å²) < 4.78 is 16.8. The molecule has 1 aromatic heterocycles. The third-order valence-corrected chi connectivity index (χ3v) is 5.07. The molecule has 0 aliphatic rings. The van der Waals surface area contributed by atoms with Crippen molar-refractivity contribution in [2.75, 3.05) is 33.4 Å². The van der Waals surface area contributed by atoms with Crippen LogP contribution in [-0.4, -0.2) is 44.2 Å². The zero-order valence-corrected chi connectivity index (χ0v) is 18.9. The number of methoxy groups -OCH3 is 1. The molecule has 0 spiro atoms. The van der Waals surface area contributed by atoms with E-state index in [1.165, 1.54) is 13.2 Å². The highest BCUT2D eigenvalue weighted by atomic mass is 35.5. The zero-order valence-electron chi connectivity index (χ0n) is 18.1. The molecule has 2 aromatic carbocycles. The first-order chi connectivity index (χ1) is 14.5. The standard InChI is InChI=1S/C24H27NO5.ClH/c1-4-25(5-2)11-12-29-23(27)14-18-13-19(28-3)15-20-21(26)16-22(30-24(18)20)17-9-7-6-8-10-17;/h6-10,13,15-16H,4-5,11-12,14H2,1-3H3;1H. The minimum absolute atomic E-state index is 0. The summed E-state index contributed by atoms with van der Waals surface area (Å²) >= 11 is 0. The van der Waals surface area contributed by atoms with Crippen LogP contribution in [0.5, 0.6) is 5.75 Å². The second-order valence-corrected chi connectivity index (χ2v) is 6.93. The Morgan fingerprint density at radius 1 is 1.06 bits per heavy atom. The van der Waals surface area contributed by atoms with E-state index < -0.39 is 0 Å². The number of fused-ring (bicyclic) bond motifs is 1. The zero-order chi connectivity index (χ0) is 21.5. The van der Waals surface area contributed by atoms with Gasteiger partial charge in [0, 0.05) is 23.7 Å². The molecule has 0 amide bonds. The third-order valence-electron chi connectivity index (χ3n) is 5.07. The smallest absolute Gasteiger partial charge is 0.310 e. The lowest BCUT2D eigenvalue weighted by atomic mass is 10.1. The van der Waals surface area contributed by atoms with Gasteiger partial charge in [-0.3, -0.25) is 9.59 Å². The van der Waals surface area contributed by atoms with Crippen LogP contribution in [0.2, 0.25) is 0 Å². The second-order valence-electron chi connectivity index (χ2n) is 6.93. The third kappa shape index (κ3) is 6.09. The molecule has 0 aliphatic carbocycles. The van der Waals surface area contributed by atoms with E-state index in [9.17, 15) is 9.59 Å². The lowest BCUT2D eigenvalue weighted by Gasteiger charge is -2.17. The highest BCUT2D eigenvalue weighted by Crippen LogP contribution is 2.28. The number of rotatable bonds is 9. The second kappa shape index (κ2) is 11.5. The molecule has 6 nitrogen and oxygen atoms in total. The first kappa shape index (κ1) is 24.4. The van der Waals surface area contributed by atoms with Gasteiger partial charge in [-0.05, 0) is 25.2 Å². The molecule has 3 aromatic rings. The fourth-order valence-electron chi connectivity index (χ4n) is 3.33. The van der Waals surface area contributed by atoms with Gasteiger partial charge in [-0.15, -0.1) is 12.4 Å². The highest BCUT2D eigenvalue weighted by Gasteiger charge is 2.16.